The molecule has 0 unspecified atom stereocenters. The summed E-state index contributed by atoms with van der Waals surface area (Å²) in [6.07, 6.45) is 1.10. The minimum atomic E-state index is -2.39. The third-order valence-electron chi connectivity index (χ3n) is 0.779. The highest BCUT2D eigenvalue weighted by Crippen LogP contribution is 1.67. The van der Waals surface area contributed by atoms with Crippen LogP contribution in [0.2, 0.25) is 0 Å². The van der Waals surface area contributed by atoms with Gasteiger partial charge in [0.15, 0.2) is 0 Å². The van der Waals surface area contributed by atoms with Gasteiger partial charge in [-0.1, -0.05) is 6.58 Å². The van der Waals surface area contributed by atoms with Gasteiger partial charge in [0.1, 0.15) is 10.7 Å². The largest absolute Gasteiger partial charge is 0.352 e. The van der Waals surface area contributed by atoms with Crippen molar-refractivity contribution in [3.63, 3.8) is 0 Å². The molecule has 4 nitrogen and oxygen atoms in total. The van der Waals surface area contributed by atoms with E-state index >= 15 is 0 Å². The highest BCUT2D eigenvalue weighted by molar-refractivity contribution is 7.72. The molecule has 10 heavy (non-hydrogen) atoms. The van der Waals surface area contributed by atoms with Gasteiger partial charge in [-0.15, -0.1) is 0 Å². The number of hydrogen-bond acceptors (Lipinski definition) is 3. The van der Waals surface area contributed by atoms with Crippen LogP contribution >= 0.6 is 0 Å². The second kappa shape index (κ2) is 4.99. The summed E-state index contributed by atoms with van der Waals surface area (Å²) < 4.78 is 19.9. The van der Waals surface area contributed by atoms with Gasteiger partial charge in [0.25, 0.3) is 0 Å². The molecule has 0 aliphatic rings. The SMILES string of the molecule is C=CC(=O)NCC[SH](=O)=O. The van der Waals surface area contributed by atoms with Crippen LogP contribution in [0.4, 0.5) is 0 Å². The maximum absolute atomic E-state index is 10.4. The van der Waals surface area contributed by atoms with Gasteiger partial charge < -0.3 is 5.32 Å². The first-order valence-electron chi connectivity index (χ1n) is 2.69. The third-order valence-corrected chi connectivity index (χ3v) is 1.37. The minimum Gasteiger partial charge on any atom is -0.352 e. The molecule has 0 aromatic carbocycles. The second-order valence-corrected chi connectivity index (χ2v) is 2.66. The van der Waals surface area contributed by atoms with E-state index in [0.717, 1.165) is 6.08 Å². The van der Waals surface area contributed by atoms with Crippen LogP contribution in [0.15, 0.2) is 12.7 Å². The first-order valence-corrected chi connectivity index (χ1v) is 4.05. The van der Waals surface area contributed by atoms with Crippen molar-refractivity contribution in [3.8, 4) is 0 Å². The van der Waals surface area contributed by atoms with E-state index in [1.807, 2.05) is 0 Å². The van der Waals surface area contributed by atoms with E-state index in [9.17, 15) is 13.2 Å². The standard InChI is InChI=1S/C5H9NO3S/c1-2-5(7)6-3-4-10(8)9/h2,10H,1,3-4H2,(H,6,7). The molecule has 5 heteroatoms. The van der Waals surface area contributed by atoms with Gasteiger partial charge >= 0.3 is 0 Å². The monoisotopic (exact) mass is 163 g/mol. The van der Waals surface area contributed by atoms with Crippen molar-refractivity contribution in [1.29, 1.82) is 0 Å². The van der Waals surface area contributed by atoms with Crippen molar-refractivity contribution in [1.82, 2.24) is 5.32 Å². The molecule has 58 valence electrons. The van der Waals surface area contributed by atoms with Gasteiger partial charge in [0.2, 0.25) is 5.91 Å². The lowest BCUT2D eigenvalue weighted by molar-refractivity contribution is -0.116. The Hall–Kier alpha value is -0.840. The zero-order valence-corrected chi connectivity index (χ0v) is 6.27. The molecule has 0 saturated carbocycles. The molecular weight excluding hydrogens is 154 g/mol. The highest BCUT2D eigenvalue weighted by Gasteiger charge is 1.91. The molecular formula is C5H9NO3S. The fourth-order valence-electron chi connectivity index (χ4n) is 0.343. The van der Waals surface area contributed by atoms with Crippen LogP contribution in [0.25, 0.3) is 0 Å². The van der Waals surface area contributed by atoms with E-state index in [2.05, 4.69) is 11.9 Å². The van der Waals surface area contributed by atoms with Crippen molar-refractivity contribution in [3.05, 3.63) is 12.7 Å². The molecule has 0 aliphatic heterocycles. The summed E-state index contributed by atoms with van der Waals surface area (Å²) in [6.45, 7) is 3.35. The number of hydrogen-bond donors (Lipinski definition) is 2. The normalized spacial score (nSPS) is 9.30. The Morgan fingerprint density at radius 2 is 2.20 bits per heavy atom. The van der Waals surface area contributed by atoms with Gasteiger partial charge in [-0.3, -0.25) is 4.79 Å². The van der Waals surface area contributed by atoms with Gasteiger partial charge in [-0.05, 0) is 6.08 Å². The maximum Gasteiger partial charge on any atom is 0.243 e. The summed E-state index contributed by atoms with van der Waals surface area (Å²) in [5.74, 6) is -0.369. The Bertz CT molecular complexity index is 189. The molecule has 1 N–H and O–H groups in total. The molecule has 0 atom stereocenters. The van der Waals surface area contributed by atoms with E-state index < -0.39 is 10.7 Å². The first kappa shape index (κ1) is 9.16. The zero-order valence-electron chi connectivity index (χ0n) is 5.37. The molecule has 0 radical (unpaired) electrons. The summed E-state index contributed by atoms with van der Waals surface area (Å²) in [4.78, 5) is 10.4. The minimum absolute atomic E-state index is 0.0189. The molecule has 0 rings (SSSR count). The molecule has 0 fully saturated rings. The van der Waals surface area contributed by atoms with Crippen molar-refractivity contribution < 1.29 is 13.2 Å². The van der Waals surface area contributed by atoms with Gasteiger partial charge in [0.05, 0.1) is 5.75 Å². The molecule has 1 amide bonds. The molecule has 0 aromatic heterocycles. The van der Waals surface area contributed by atoms with Crippen LogP contribution in [0.5, 0.6) is 0 Å². The number of carbonyl (C=O) groups excluding carboxylic acids is 1. The highest BCUT2D eigenvalue weighted by atomic mass is 32.2. The van der Waals surface area contributed by atoms with Crippen LogP contribution in [0, 0.1) is 0 Å². The quantitative estimate of drug-likeness (QED) is 0.408. The number of carbonyl (C=O) groups is 1. The van der Waals surface area contributed by atoms with E-state index in [-0.39, 0.29) is 18.2 Å². The zero-order chi connectivity index (χ0) is 7.98. The fraction of sp³-hybridized carbons (Fsp3) is 0.400. The number of amides is 1. The predicted molar refractivity (Wildman–Crippen MR) is 38.4 cm³/mol. The Kier molecular flexibility index (Phi) is 4.57. The topological polar surface area (TPSA) is 63.2 Å². The van der Waals surface area contributed by atoms with Crippen LogP contribution < -0.4 is 5.32 Å². The second-order valence-electron chi connectivity index (χ2n) is 1.55. The maximum atomic E-state index is 10.4. The molecule has 0 aromatic rings. The van der Waals surface area contributed by atoms with Crippen LogP contribution in [-0.4, -0.2) is 26.6 Å². The molecule has 0 saturated heterocycles. The van der Waals surface area contributed by atoms with Crippen LogP contribution in [0.1, 0.15) is 0 Å². The van der Waals surface area contributed by atoms with E-state index in [1.54, 1.807) is 0 Å². The Balaban J connectivity index is 3.37. The number of thiol groups is 1. The Morgan fingerprint density at radius 1 is 1.60 bits per heavy atom. The lowest BCUT2D eigenvalue weighted by atomic mass is 10.6. The molecule has 0 bridgehead atoms. The fourth-order valence-corrected chi connectivity index (χ4v) is 0.637. The van der Waals surface area contributed by atoms with Gasteiger partial charge in [0, 0.05) is 6.54 Å². The van der Waals surface area contributed by atoms with Crippen molar-refractivity contribution in [2.75, 3.05) is 12.3 Å². The molecule has 0 aliphatic carbocycles. The average molecular weight is 163 g/mol. The molecule has 0 heterocycles. The van der Waals surface area contributed by atoms with Crippen molar-refractivity contribution in [2.24, 2.45) is 0 Å². The Morgan fingerprint density at radius 3 is 2.60 bits per heavy atom. The average Bonchev–Trinajstić information content (AvgIpc) is 1.87. The first-order chi connectivity index (χ1) is 4.66. The lowest BCUT2D eigenvalue weighted by Gasteiger charge is -1.94. The van der Waals surface area contributed by atoms with Crippen molar-refractivity contribution in [2.45, 2.75) is 0 Å². The number of rotatable bonds is 4. The van der Waals surface area contributed by atoms with Gasteiger partial charge in [-0.2, -0.15) is 0 Å². The summed E-state index contributed by atoms with van der Waals surface area (Å²) in [5, 5.41) is 2.32. The Labute approximate surface area is 60.9 Å². The van der Waals surface area contributed by atoms with Crippen molar-refractivity contribution >= 4 is 16.6 Å². The predicted octanol–water partition coefficient (Wildman–Crippen LogP) is -1.10. The third kappa shape index (κ3) is 5.30. The summed E-state index contributed by atoms with van der Waals surface area (Å²) >= 11 is 0. The summed E-state index contributed by atoms with van der Waals surface area (Å²) in [5.41, 5.74) is 0. The van der Waals surface area contributed by atoms with Crippen LogP contribution in [0.3, 0.4) is 0 Å². The van der Waals surface area contributed by atoms with E-state index in [0.29, 0.717) is 0 Å². The lowest BCUT2D eigenvalue weighted by Crippen LogP contribution is -2.24. The summed E-state index contributed by atoms with van der Waals surface area (Å²) in [6, 6.07) is 0. The van der Waals surface area contributed by atoms with Crippen LogP contribution in [-0.2, 0) is 15.5 Å². The van der Waals surface area contributed by atoms with Gasteiger partial charge in [-0.25, -0.2) is 8.42 Å². The van der Waals surface area contributed by atoms with E-state index in [4.69, 9.17) is 0 Å². The molecule has 0 spiro atoms. The number of nitrogens with one attached hydrogen (secondary N) is 1. The smallest absolute Gasteiger partial charge is 0.243 e. The summed E-state index contributed by atoms with van der Waals surface area (Å²) in [7, 11) is -2.39. The van der Waals surface area contributed by atoms with E-state index in [1.165, 1.54) is 0 Å².